The van der Waals surface area contributed by atoms with Gasteiger partial charge in [-0.05, 0) is 44.1 Å². The first-order valence-corrected chi connectivity index (χ1v) is 8.00. The molecule has 1 aliphatic carbocycles. The highest BCUT2D eigenvalue weighted by Crippen LogP contribution is 2.39. The smallest absolute Gasteiger partial charge is 0.0746 e. The van der Waals surface area contributed by atoms with Crippen LogP contribution in [-0.4, -0.2) is 34.7 Å². The monoisotopic (exact) mass is 253 g/mol. The molecule has 1 aliphatic heterocycles. The van der Waals surface area contributed by atoms with E-state index in [2.05, 4.69) is 25.7 Å². The number of aliphatic hydroxyl groups excluding tert-OH is 1. The topological polar surface area (TPSA) is 23.5 Å². The summed E-state index contributed by atoms with van der Waals surface area (Å²) in [6.45, 7) is 7.97. The van der Waals surface area contributed by atoms with Gasteiger partial charge in [0.05, 0.1) is 6.10 Å². The van der Waals surface area contributed by atoms with Gasteiger partial charge < -0.3 is 5.11 Å². The maximum atomic E-state index is 10.7. The molecule has 2 aliphatic rings. The van der Waals surface area contributed by atoms with Crippen molar-refractivity contribution in [3.8, 4) is 0 Å². The summed E-state index contributed by atoms with van der Waals surface area (Å²) in [5, 5.41) is 10.7. The van der Waals surface area contributed by atoms with Crippen molar-refractivity contribution >= 4 is 0 Å². The quantitative estimate of drug-likeness (QED) is 0.831. The average Bonchev–Trinajstić information content (AvgIpc) is 2.34. The Morgan fingerprint density at radius 2 is 1.94 bits per heavy atom. The van der Waals surface area contributed by atoms with Crippen molar-refractivity contribution in [2.75, 3.05) is 6.54 Å². The van der Waals surface area contributed by atoms with Crippen LogP contribution in [-0.2, 0) is 0 Å². The van der Waals surface area contributed by atoms with Gasteiger partial charge in [-0.15, -0.1) is 0 Å². The molecule has 2 fully saturated rings. The first kappa shape index (κ1) is 14.3. The number of rotatable bonds is 3. The van der Waals surface area contributed by atoms with Gasteiger partial charge in [-0.25, -0.2) is 0 Å². The van der Waals surface area contributed by atoms with Crippen molar-refractivity contribution < 1.29 is 5.11 Å². The first-order chi connectivity index (χ1) is 8.56. The standard InChI is InChI=1S/C16H31NO/c1-4-8-13-9-5-6-12-17(13)14-10-7-11-16(2,3)15(14)18/h13-15,18H,4-12H2,1-3H3. The SMILES string of the molecule is CCCC1CCCCN1C1CCCC(C)(C)C1O. The highest BCUT2D eigenvalue weighted by Gasteiger charge is 2.42. The molecular formula is C16H31NO. The van der Waals surface area contributed by atoms with Crippen LogP contribution in [0.25, 0.3) is 0 Å². The molecule has 1 saturated heterocycles. The molecule has 2 rings (SSSR count). The summed E-state index contributed by atoms with van der Waals surface area (Å²) in [5.74, 6) is 0. The van der Waals surface area contributed by atoms with Gasteiger partial charge in [-0.1, -0.05) is 40.0 Å². The van der Waals surface area contributed by atoms with E-state index < -0.39 is 0 Å². The Balaban J connectivity index is 2.07. The molecule has 3 unspecified atom stereocenters. The van der Waals surface area contributed by atoms with Crippen molar-refractivity contribution in [1.29, 1.82) is 0 Å². The molecule has 1 heterocycles. The Kier molecular flexibility index (Phi) is 4.71. The third-order valence-corrected chi connectivity index (χ3v) is 5.21. The Labute approximate surface area is 113 Å². The number of piperidine rings is 1. The molecule has 0 spiro atoms. The molecule has 2 heteroatoms. The van der Waals surface area contributed by atoms with E-state index in [9.17, 15) is 5.11 Å². The zero-order valence-electron chi connectivity index (χ0n) is 12.5. The third-order valence-electron chi connectivity index (χ3n) is 5.21. The fourth-order valence-corrected chi connectivity index (χ4v) is 4.04. The van der Waals surface area contributed by atoms with E-state index in [4.69, 9.17) is 0 Å². The maximum absolute atomic E-state index is 10.7. The van der Waals surface area contributed by atoms with Crippen LogP contribution < -0.4 is 0 Å². The molecule has 1 saturated carbocycles. The molecule has 0 radical (unpaired) electrons. The first-order valence-electron chi connectivity index (χ1n) is 8.00. The van der Waals surface area contributed by atoms with Crippen molar-refractivity contribution in [2.45, 2.75) is 90.3 Å². The second-order valence-electron chi connectivity index (χ2n) is 7.07. The highest BCUT2D eigenvalue weighted by atomic mass is 16.3. The molecule has 2 nitrogen and oxygen atoms in total. The van der Waals surface area contributed by atoms with E-state index in [0.717, 1.165) is 6.04 Å². The van der Waals surface area contributed by atoms with Gasteiger partial charge >= 0.3 is 0 Å². The summed E-state index contributed by atoms with van der Waals surface area (Å²) in [6, 6.07) is 1.16. The van der Waals surface area contributed by atoms with Crippen LogP contribution in [0.15, 0.2) is 0 Å². The second-order valence-corrected chi connectivity index (χ2v) is 7.07. The fraction of sp³-hybridized carbons (Fsp3) is 1.00. The molecule has 0 bridgehead atoms. The Morgan fingerprint density at radius 1 is 1.17 bits per heavy atom. The van der Waals surface area contributed by atoms with E-state index in [0.29, 0.717) is 6.04 Å². The van der Waals surface area contributed by atoms with Crippen LogP contribution in [0.3, 0.4) is 0 Å². The lowest BCUT2D eigenvalue weighted by atomic mass is 9.71. The average molecular weight is 253 g/mol. The summed E-state index contributed by atoms with van der Waals surface area (Å²) in [7, 11) is 0. The number of nitrogens with zero attached hydrogens (tertiary/aromatic N) is 1. The van der Waals surface area contributed by atoms with E-state index >= 15 is 0 Å². The fourth-order valence-electron chi connectivity index (χ4n) is 4.04. The van der Waals surface area contributed by atoms with Crippen LogP contribution in [0.4, 0.5) is 0 Å². The van der Waals surface area contributed by atoms with E-state index in [-0.39, 0.29) is 11.5 Å². The predicted molar refractivity (Wildman–Crippen MR) is 76.7 cm³/mol. The number of likely N-dealkylation sites (tertiary alicyclic amines) is 1. The third kappa shape index (κ3) is 2.91. The Morgan fingerprint density at radius 3 is 2.67 bits per heavy atom. The number of hydrogen-bond acceptors (Lipinski definition) is 2. The highest BCUT2D eigenvalue weighted by molar-refractivity contribution is 4.96. The summed E-state index contributed by atoms with van der Waals surface area (Å²) in [6.07, 6.45) is 10.2. The van der Waals surface area contributed by atoms with Gasteiger partial charge in [0.15, 0.2) is 0 Å². The van der Waals surface area contributed by atoms with Crippen molar-refractivity contribution in [3.05, 3.63) is 0 Å². The van der Waals surface area contributed by atoms with Gasteiger partial charge in [-0.3, -0.25) is 4.90 Å². The lowest BCUT2D eigenvalue weighted by Crippen LogP contribution is -2.56. The maximum Gasteiger partial charge on any atom is 0.0746 e. The van der Waals surface area contributed by atoms with Crippen molar-refractivity contribution in [1.82, 2.24) is 4.90 Å². The lowest BCUT2D eigenvalue weighted by Gasteiger charge is -2.49. The van der Waals surface area contributed by atoms with Gasteiger partial charge in [0, 0.05) is 12.1 Å². The van der Waals surface area contributed by atoms with Crippen LogP contribution >= 0.6 is 0 Å². The number of hydrogen-bond donors (Lipinski definition) is 1. The summed E-state index contributed by atoms with van der Waals surface area (Å²) in [5.41, 5.74) is 0.108. The molecule has 18 heavy (non-hydrogen) atoms. The van der Waals surface area contributed by atoms with E-state index in [1.807, 2.05) is 0 Å². The summed E-state index contributed by atoms with van der Waals surface area (Å²) < 4.78 is 0. The molecule has 3 atom stereocenters. The van der Waals surface area contributed by atoms with Gasteiger partial charge in [-0.2, -0.15) is 0 Å². The van der Waals surface area contributed by atoms with Crippen LogP contribution in [0.1, 0.15) is 72.1 Å². The minimum absolute atomic E-state index is 0.108. The zero-order chi connectivity index (χ0) is 13.2. The second kappa shape index (κ2) is 5.92. The lowest BCUT2D eigenvalue weighted by molar-refractivity contribution is -0.0772. The van der Waals surface area contributed by atoms with E-state index in [1.165, 1.54) is 57.9 Å². The normalized spacial score (nSPS) is 37.7. The summed E-state index contributed by atoms with van der Waals surface area (Å²) >= 11 is 0. The molecule has 1 N–H and O–H groups in total. The molecular weight excluding hydrogens is 222 g/mol. The van der Waals surface area contributed by atoms with E-state index in [1.54, 1.807) is 0 Å². The van der Waals surface area contributed by atoms with Gasteiger partial charge in [0.25, 0.3) is 0 Å². The molecule has 0 aromatic heterocycles. The van der Waals surface area contributed by atoms with Crippen LogP contribution in [0, 0.1) is 5.41 Å². The molecule has 0 aromatic carbocycles. The zero-order valence-corrected chi connectivity index (χ0v) is 12.5. The number of aliphatic hydroxyl groups is 1. The van der Waals surface area contributed by atoms with Gasteiger partial charge in [0.1, 0.15) is 0 Å². The molecule has 106 valence electrons. The molecule has 0 amide bonds. The molecule has 0 aromatic rings. The van der Waals surface area contributed by atoms with Crippen LogP contribution in [0.2, 0.25) is 0 Å². The van der Waals surface area contributed by atoms with Crippen LogP contribution in [0.5, 0.6) is 0 Å². The minimum Gasteiger partial charge on any atom is -0.391 e. The minimum atomic E-state index is -0.135. The van der Waals surface area contributed by atoms with Gasteiger partial charge in [0.2, 0.25) is 0 Å². The van der Waals surface area contributed by atoms with Crippen molar-refractivity contribution in [3.63, 3.8) is 0 Å². The Hall–Kier alpha value is -0.0800. The predicted octanol–water partition coefficient (Wildman–Crippen LogP) is 3.58. The Bertz CT molecular complexity index is 262. The summed E-state index contributed by atoms with van der Waals surface area (Å²) in [4.78, 5) is 2.67. The van der Waals surface area contributed by atoms with Crippen molar-refractivity contribution in [2.24, 2.45) is 5.41 Å². The largest absolute Gasteiger partial charge is 0.391 e.